The molecular formula is C26H26N4O2. The van der Waals surface area contributed by atoms with Crippen molar-refractivity contribution < 1.29 is 5.11 Å². The van der Waals surface area contributed by atoms with E-state index in [0.29, 0.717) is 12.2 Å². The van der Waals surface area contributed by atoms with Gasteiger partial charge in [-0.05, 0) is 85.7 Å². The van der Waals surface area contributed by atoms with Crippen molar-refractivity contribution in [2.75, 3.05) is 0 Å². The zero-order valence-electron chi connectivity index (χ0n) is 18.9. The van der Waals surface area contributed by atoms with E-state index in [1.54, 1.807) is 21.5 Å². The van der Waals surface area contributed by atoms with Gasteiger partial charge in [0.05, 0.1) is 34.1 Å². The maximum absolute atomic E-state index is 13.3. The molecule has 2 N–H and O–H groups in total. The molecule has 0 atom stereocenters. The molecule has 6 heteroatoms. The van der Waals surface area contributed by atoms with Gasteiger partial charge in [-0.2, -0.15) is 0 Å². The number of aromatic hydroxyl groups is 1. The Kier molecular flexibility index (Phi) is 4.48. The predicted molar refractivity (Wildman–Crippen MR) is 128 cm³/mol. The number of nitrogens with one attached hydrogen (secondary N) is 1. The minimum Gasteiger partial charge on any atom is -0.508 e. The lowest BCUT2D eigenvalue weighted by molar-refractivity contribution is 0.471. The summed E-state index contributed by atoms with van der Waals surface area (Å²) in [5, 5.41) is 9.87. The first-order chi connectivity index (χ1) is 15.3. The average molecular weight is 427 g/mol. The van der Waals surface area contributed by atoms with Crippen LogP contribution in [0.3, 0.4) is 0 Å². The van der Waals surface area contributed by atoms with Gasteiger partial charge in [0.15, 0.2) is 0 Å². The van der Waals surface area contributed by atoms with E-state index in [1.807, 2.05) is 32.2 Å². The molecule has 0 bridgehead atoms. The van der Waals surface area contributed by atoms with Crippen LogP contribution in [0.4, 0.5) is 0 Å². The molecule has 2 aromatic heterocycles. The summed E-state index contributed by atoms with van der Waals surface area (Å²) in [5.41, 5.74) is 10.6. The second-order valence-corrected chi connectivity index (χ2v) is 8.67. The van der Waals surface area contributed by atoms with Gasteiger partial charge < -0.3 is 10.1 Å². The van der Waals surface area contributed by atoms with Gasteiger partial charge in [0.2, 0.25) is 0 Å². The van der Waals surface area contributed by atoms with E-state index in [-0.39, 0.29) is 5.69 Å². The fourth-order valence-corrected chi connectivity index (χ4v) is 4.61. The smallest absolute Gasteiger partial charge is 0.333 e. The van der Waals surface area contributed by atoms with E-state index in [4.69, 9.17) is 0 Å². The van der Waals surface area contributed by atoms with Gasteiger partial charge in [0, 0.05) is 7.05 Å². The molecular weight excluding hydrogens is 400 g/mol. The number of benzene rings is 3. The maximum atomic E-state index is 13.3. The van der Waals surface area contributed by atoms with Crippen LogP contribution in [0.5, 0.6) is 5.75 Å². The number of rotatable bonds is 3. The van der Waals surface area contributed by atoms with Crippen LogP contribution in [0.1, 0.15) is 33.4 Å². The number of nitrogens with zero attached hydrogens (tertiary/aromatic N) is 3. The average Bonchev–Trinajstić information content (AvgIpc) is 3.34. The zero-order chi connectivity index (χ0) is 22.7. The van der Waals surface area contributed by atoms with Crippen LogP contribution < -0.4 is 5.69 Å². The van der Waals surface area contributed by atoms with Crippen molar-refractivity contribution in [3.8, 4) is 11.4 Å². The number of hydrogen-bond acceptors (Lipinski definition) is 3. The number of phenolic OH excluding ortho intramolecular Hbond substituents is 1. The fraction of sp³-hybridized carbons (Fsp3) is 0.231. The summed E-state index contributed by atoms with van der Waals surface area (Å²) in [6, 6.07) is 11.8. The van der Waals surface area contributed by atoms with Crippen LogP contribution in [0, 0.1) is 27.7 Å². The van der Waals surface area contributed by atoms with E-state index in [0.717, 1.165) is 61.1 Å². The van der Waals surface area contributed by atoms with Gasteiger partial charge >= 0.3 is 5.69 Å². The van der Waals surface area contributed by atoms with Crippen molar-refractivity contribution in [1.82, 2.24) is 19.1 Å². The normalized spacial score (nSPS) is 11.7. The molecule has 0 aliphatic heterocycles. The first-order valence-corrected chi connectivity index (χ1v) is 10.7. The third-order valence-electron chi connectivity index (χ3n) is 6.64. The molecule has 0 aliphatic carbocycles. The quantitative estimate of drug-likeness (QED) is 0.438. The summed E-state index contributed by atoms with van der Waals surface area (Å²) in [6.07, 6.45) is 2.38. The number of H-pyrrole nitrogens is 1. The van der Waals surface area contributed by atoms with Crippen molar-refractivity contribution in [3.63, 3.8) is 0 Å². The molecule has 0 radical (unpaired) electrons. The Bertz CT molecular complexity index is 1580. The zero-order valence-corrected chi connectivity index (χ0v) is 18.9. The summed E-state index contributed by atoms with van der Waals surface area (Å²) in [6.45, 7) is 8.09. The number of aromatic amines is 1. The van der Waals surface area contributed by atoms with Gasteiger partial charge in [-0.15, -0.1) is 0 Å². The lowest BCUT2D eigenvalue weighted by Gasteiger charge is -2.14. The van der Waals surface area contributed by atoms with Crippen LogP contribution in [0.15, 0.2) is 47.5 Å². The second kappa shape index (κ2) is 7.12. The Morgan fingerprint density at radius 3 is 2.53 bits per heavy atom. The third-order valence-corrected chi connectivity index (χ3v) is 6.64. The summed E-state index contributed by atoms with van der Waals surface area (Å²) >= 11 is 0. The Hall–Kier alpha value is -3.80. The molecule has 162 valence electrons. The SMILES string of the molecule is Cc1cc(Cc2c(C)cc(-n3c(=O)n(C)c4ccc(C)c(C)c43)c3[nH]cnc23)ccc1O. The molecule has 0 aliphatic rings. The van der Waals surface area contributed by atoms with Crippen LogP contribution in [-0.2, 0) is 13.5 Å². The number of phenols is 1. The van der Waals surface area contributed by atoms with Gasteiger partial charge in [-0.3, -0.25) is 9.13 Å². The molecule has 0 saturated carbocycles. The monoisotopic (exact) mass is 426 g/mol. The molecule has 0 amide bonds. The highest BCUT2D eigenvalue weighted by Crippen LogP contribution is 2.31. The third kappa shape index (κ3) is 2.87. The van der Waals surface area contributed by atoms with E-state index in [2.05, 4.69) is 42.9 Å². The minimum absolute atomic E-state index is 0.0779. The van der Waals surface area contributed by atoms with Crippen LogP contribution >= 0.6 is 0 Å². The minimum atomic E-state index is -0.0779. The standard InChI is InChI=1S/C26H26N4O2/c1-14-6-8-20-25(17(14)4)30(26(32)29(20)5)21-11-15(2)19(23-24(21)28-13-27-23)12-18-7-9-22(31)16(3)10-18/h6-11,13,31H,12H2,1-5H3,(H,27,28). The van der Waals surface area contributed by atoms with Gasteiger partial charge in [0.1, 0.15) is 5.75 Å². The van der Waals surface area contributed by atoms with Crippen LogP contribution in [0.25, 0.3) is 27.8 Å². The molecule has 3 aromatic carbocycles. The van der Waals surface area contributed by atoms with Crippen molar-refractivity contribution in [1.29, 1.82) is 0 Å². The van der Waals surface area contributed by atoms with Crippen molar-refractivity contribution in [2.45, 2.75) is 34.1 Å². The van der Waals surface area contributed by atoms with Crippen LogP contribution in [0.2, 0.25) is 0 Å². The Balaban J connectivity index is 1.77. The first-order valence-electron chi connectivity index (χ1n) is 10.7. The van der Waals surface area contributed by atoms with Gasteiger partial charge in [0.25, 0.3) is 0 Å². The summed E-state index contributed by atoms with van der Waals surface area (Å²) in [5.74, 6) is 0.298. The number of hydrogen-bond donors (Lipinski definition) is 2. The van der Waals surface area contributed by atoms with E-state index in [1.165, 1.54) is 0 Å². The number of aromatic nitrogens is 4. The summed E-state index contributed by atoms with van der Waals surface area (Å²) < 4.78 is 3.51. The topological polar surface area (TPSA) is 75.8 Å². The largest absolute Gasteiger partial charge is 0.508 e. The number of fused-ring (bicyclic) bond motifs is 2. The van der Waals surface area contributed by atoms with Gasteiger partial charge in [-0.1, -0.05) is 18.2 Å². The number of aryl methyl sites for hydroxylation is 5. The Labute approximate surface area is 185 Å². The highest BCUT2D eigenvalue weighted by Gasteiger charge is 2.20. The van der Waals surface area contributed by atoms with Crippen molar-refractivity contribution in [3.05, 3.63) is 86.6 Å². The molecule has 6 nitrogen and oxygen atoms in total. The molecule has 32 heavy (non-hydrogen) atoms. The van der Waals surface area contributed by atoms with Crippen molar-refractivity contribution in [2.24, 2.45) is 7.05 Å². The lowest BCUT2D eigenvalue weighted by Crippen LogP contribution is -2.21. The second-order valence-electron chi connectivity index (χ2n) is 8.67. The number of imidazole rings is 2. The van der Waals surface area contributed by atoms with E-state index >= 15 is 0 Å². The van der Waals surface area contributed by atoms with E-state index < -0.39 is 0 Å². The van der Waals surface area contributed by atoms with Crippen LogP contribution in [-0.4, -0.2) is 24.2 Å². The van der Waals surface area contributed by atoms with Crippen molar-refractivity contribution >= 4 is 22.1 Å². The Morgan fingerprint density at radius 2 is 1.78 bits per heavy atom. The molecule has 0 spiro atoms. The molecule has 5 aromatic rings. The molecule has 0 unspecified atom stereocenters. The fourth-order valence-electron chi connectivity index (χ4n) is 4.61. The first kappa shape index (κ1) is 20.1. The summed E-state index contributed by atoms with van der Waals surface area (Å²) in [4.78, 5) is 21.2. The highest BCUT2D eigenvalue weighted by molar-refractivity contribution is 5.91. The Morgan fingerprint density at radius 1 is 1.00 bits per heavy atom. The highest BCUT2D eigenvalue weighted by atomic mass is 16.3. The lowest BCUT2D eigenvalue weighted by atomic mass is 9.97. The summed E-state index contributed by atoms with van der Waals surface area (Å²) in [7, 11) is 1.81. The molecule has 5 rings (SSSR count). The molecule has 0 saturated heterocycles. The molecule has 0 fully saturated rings. The predicted octanol–water partition coefficient (Wildman–Crippen LogP) is 4.74. The van der Waals surface area contributed by atoms with E-state index in [9.17, 15) is 9.90 Å². The molecule has 2 heterocycles. The van der Waals surface area contributed by atoms with Gasteiger partial charge in [-0.25, -0.2) is 9.78 Å². The maximum Gasteiger partial charge on any atom is 0.333 e.